The number of fused-ring (bicyclic) bond motifs is 1. The smallest absolute Gasteiger partial charge is 0.341 e. The van der Waals surface area contributed by atoms with Gasteiger partial charge in [-0.05, 0) is 30.3 Å². The number of ether oxygens (including phenoxy) is 1. The number of rotatable bonds is 8. The van der Waals surface area contributed by atoms with Crippen molar-refractivity contribution in [2.45, 2.75) is 19.4 Å². The molecule has 0 aliphatic carbocycles. The van der Waals surface area contributed by atoms with E-state index in [0.29, 0.717) is 18.7 Å². The van der Waals surface area contributed by atoms with Crippen molar-refractivity contribution < 1.29 is 24.5 Å². The first-order valence-electron chi connectivity index (χ1n) is 6.92. The third-order valence-electron chi connectivity index (χ3n) is 3.27. The minimum atomic E-state index is -1.05. The molecule has 2 aromatic rings. The number of carbonyl (C=O) groups is 2. The van der Waals surface area contributed by atoms with Crippen molar-refractivity contribution in [2.24, 2.45) is 0 Å². The number of aromatic nitrogens is 1. The van der Waals surface area contributed by atoms with Crippen molar-refractivity contribution in [2.75, 3.05) is 13.2 Å². The summed E-state index contributed by atoms with van der Waals surface area (Å²) in [5, 5.41) is 21.6. The number of carboxylic acid groups (broad SMARTS) is 2. The zero-order chi connectivity index (χ0) is 16.1. The van der Waals surface area contributed by atoms with E-state index in [1.165, 1.54) is 0 Å². The molecule has 4 N–H and O–H groups in total. The molecule has 118 valence electrons. The minimum absolute atomic E-state index is 0.325. The lowest BCUT2D eigenvalue weighted by atomic mass is 10.0. The Morgan fingerprint density at radius 2 is 2.14 bits per heavy atom. The van der Waals surface area contributed by atoms with Crippen molar-refractivity contribution in [1.29, 1.82) is 0 Å². The van der Waals surface area contributed by atoms with Gasteiger partial charge in [-0.15, -0.1) is 0 Å². The van der Waals surface area contributed by atoms with Crippen molar-refractivity contribution in [3.8, 4) is 5.75 Å². The molecule has 0 spiro atoms. The largest absolute Gasteiger partial charge is 0.482 e. The van der Waals surface area contributed by atoms with Crippen LogP contribution in [-0.2, 0) is 16.0 Å². The van der Waals surface area contributed by atoms with Crippen molar-refractivity contribution in [1.82, 2.24) is 10.3 Å². The lowest BCUT2D eigenvalue weighted by Crippen LogP contribution is -2.38. The van der Waals surface area contributed by atoms with Gasteiger partial charge >= 0.3 is 11.9 Å². The average molecular weight is 306 g/mol. The fourth-order valence-corrected chi connectivity index (χ4v) is 2.27. The van der Waals surface area contributed by atoms with E-state index in [0.717, 1.165) is 16.5 Å². The van der Waals surface area contributed by atoms with Crippen LogP contribution >= 0.6 is 0 Å². The maximum Gasteiger partial charge on any atom is 0.341 e. The Hall–Kier alpha value is -2.54. The second-order valence-corrected chi connectivity index (χ2v) is 4.86. The fourth-order valence-electron chi connectivity index (χ4n) is 2.27. The molecule has 0 aliphatic heterocycles. The molecular formula is C15H18N2O5. The molecule has 1 atom stereocenters. The van der Waals surface area contributed by atoms with Crippen LogP contribution in [0.5, 0.6) is 5.75 Å². The summed E-state index contributed by atoms with van der Waals surface area (Å²) in [7, 11) is 0. The number of H-pyrrole nitrogens is 1. The molecule has 7 heteroatoms. The van der Waals surface area contributed by atoms with Crippen LogP contribution in [-0.4, -0.2) is 46.3 Å². The fraction of sp³-hybridized carbons (Fsp3) is 0.333. The van der Waals surface area contributed by atoms with E-state index in [1.807, 2.05) is 6.92 Å². The summed E-state index contributed by atoms with van der Waals surface area (Å²) in [4.78, 5) is 24.8. The van der Waals surface area contributed by atoms with Gasteiger partial charge in [0.05, 0.1) is 0 Å². The lowest BCUT2D eigenvalue weighted by molar-refractivity contribution is -0.140. The van der Waals surface area contributed by atoms with Gasteiger partial charge in [-0.1, -0.05) is 6.92 Å². The maximum atomic E-state index is 11.2. The first-order valence-corrected chi connectivity index (χ1v) is 6.92. The van der Waals surface area contributed by atoms with Crippen LogP contribution in [0.3, 0.4) is 0 Å². The van der Waals surface area contributed by atoms with E-state index in [9.17, 15) is 14.7 Å². The molecule has 1 aromatic heterocycles. The SMILES string of the molecule is CCN[C@@H](Cc1c[nH]c2ccc(OCC(=O)O)cc12)C(=O)O. The molecule has 0 bridgehead atoms. The predicted molar refractivity (Wildman–Crippen MR) is 80.2 cm³/mol. The van der Waals surface area contributed by atoms with Crippen molar-refractivity contribution >= 4 is 22.8 Å². The summed E-state index contributed by atoms with van der Waals surface area (Å²) in [5.74, 6) is -1.52. The highest BCUT2D eigenvalue weighted by Gasteiger charge is 2.18. The van der Waals surface area contributed by atoms with Crippen molar-refractivity contribution in [3.63, 3.8) is 0 Å². The number of hydrogen-bond acceptors (Lipinski definition) is 4. The molecule has 0 radical (unpaired) electrons. The van der Waals surface area contributed by atoms with Gasteiger partial charge in [-0.3, -0.25) is 4.79 Å². The molecule has 2 rings (SSSR count). The number of likely N-dealkylation sites (N-methyl/N-ethyl adjacent to an activating group) is 1. The number of nitrogens with one attached hydrogen (secondary N) is 2. The van der Waals surface area contributed by atoms with Crippen LogP contribution in [0.15, 0.2) is 24.4 Å². The highest BCUT2D eigenvalue weighted by Crippen LogP contribution is 2.24. The number of aliphatic carboxylic acids is 2. The highest BCUT2D eigenvalue weighted by molar-refractivity contribution is 5.85. The minimum Gasteiger partial charge on any atom is -0.482 e. The standard InChI is InChI=1S/C15H18N2O5/c1-2-16-13(15(20)21)5-9-7-17-12-4-3-10(6-11(9)12)22-8-14(18)19/h3-4,6-7,13,16-17H,2,5,8H2,1H3,(H,18,19)(H,20,21)/t13-/m0/s1. The van der Waals surface area contributed by atoms with Gasteiger partial charge in [0, 0.05) is 23.5 Å². The molecule has 1 heterocycles. The topological polar surface area (TPSA) is 112 Å². The van der Waals surface area contributed by atoms with Crippen molar-refractivity contribution in [3.05, 3.63) is 30.0 Å². The summed E-state index contributed by atoms with van der Waals surface area (Å²) in [6, 6.07) is 4.49. The summed E-state index contributed by atoms with van der Waals surface area (Å²) in [6.45, 7) is 2.00. The molecule has 0 saturated carbocycles. The Labute approximate surface area is 126 Å². The van der Waals surface area contributed by atoms with E-state index in [-0.39, 0.29) is 0 Å². The van der Waals surface area contributed by atoms with E-state index < -0.39 is 24.6 Å². The Morgan fingerprint density at radius 1 is 1.36 bits per heavy atom. The molecule has 0 saturated heterocycles. The molecule has 0 aliphatic rings. The molecular weight excluding hydrogens is 288 g/mol. The summed E-state index contributed by atoms with van der Waals surface area (Å²) < 4.78 is 5.15. The Balaban J connectivity index is 2.24. The monoisotopic (exact) mass is 306 g/mol. The predicted octanol–water partition coefficient (Wildman–Crippen LogP) is 1.24. The Bertz CT molecular complexity index is 680. The van der Waals surface area contributed by atoms with Crippen LogP contribution < -0.4 is 10.1 Å². The lowest BCUT2D eigenvalue weighted by Gasteiger charge is -2.12. The second-order valence-electron chi connectivity index (χ2n) is 4.86. The van der Waals surface area contributed by atoms with Crippen LogP contribution in [0.4, 0.5) is 0 Å². The van der Waals surface area contributed by atoms with Crippen LogP contribution in [0.25, 0.3) is 10.9 Å². The average Bonchev–Trinajstić information content (AvgIpc) is 2.87. The maximum absolute atomic E-state index is 11.2. The van der Waals surface area contributed by atoms with Gasteiger partial charge < -0.3 is 25.3 Å². The number of carboxylic acids is 2. The zero-order valence-electron chi connectivity index (χ0n) is 12.1. The summed E-state index contributed by atoms with van der Waals surface area (Å²) >= 11 is 0. The molecule has 0 unspecified atom stereocenters. The van der Waals surface area contributed by atoms with Gasteiger partial charge in [0.25, 0.3) is 0 Å². The zero-order valence-corrected chi connectivity index (χ0v) is 12.1. The first kappa shape index (κ1) is 15.8. The van der Waals surface area contributed by atoms with Crippen LogP contribution in [0.2, 0.25) is 0 Å². The summed E-state index contributed by atoms with van der Waals surface area (Å²) in [6.07, 6.45) is 2.09. The normalized spacial score (nSPS) is 12.2. The highest BCUT2D eigenvalue weighted by atomic mass is 16.5. The Morgan fingerprint density at radius 3 is 2.77 bits per heavy atom. The molecule has 1 aromatic carbocycles. The van der Waals surface area contributed by atoms with Gasteiger partial charge in [-0.25, -0.2) is 4.79 Å². The Kier molecular flexibility index (Phi) is 5.00. The van der Waals surface area contributed by atoms with E-state index in [2.05, 4.69) is 10.3 Å². The third-order valence-corrected chi connectivity index (χ3v) is 3.27. The van der Waals surface area contributed by atoms with E-state index >= 15 is 0 Å². The third kappa shape index (κ3) is 3.76. The van der Waals surface area contributed by atoms with Gasteiger partial charge in [0.1, 0.15) is 11.8 Å². The number of benzene rings is 1. The molecule has 7 nitrogen and oxygen atoms in total. The molecule has 0 fully saturated rings. The first-order chi connectivity index (χ1) is 10.5. The second kappa shape index (κ2) is 6.95. The summed E-state index contributed by atoms with van der Waals surface area (Å²) in [5.41, 5.74) is 1.68. The van der Waals surface area contributed by atoms with Crippen LogP contribution in [0.1, 0.15) is 12.5 Å². The van der Waals surface area contributed by atoms with Crippen LogP contribution in [0, 0.1) is 0 Å². The molecule has 0 amide bonds. The van der Waals surface area contributed by atoms with E-state index in [1.54, 1.807) is 24.4 Å². The number of aromatic amines is 1. The van der Waals surface area contributed by atoms with Gasteiger partial charge in [0.2, 0.25) is 0 Å². The van der Waals surface area contributed by atoms with Gasteiger partial charge in [-0.2, -0.15) is 0 Å². The number of hydrogen-bond donors (Lipinski definition) is 4. The quantitative estimate of drug-likeness (QED) is 0.584. The van der Waals surface area contributed by atoms with Gasteiger partial charge in [0.15, 0.2) is 6.61 Å². The van der Waals surface area contributed by atoms with E-state index in [4.69, 9.17) is 9.84 Å². The molecule has 22 heavy (non-hydrogen) atoms.